The highest BCUT2D eigenvalue weighted by atomic mass is 32.1. The number of phenolic OH excluding ortho intramolecular Hbond substituents is 1. The summed E-state index contributed by atoms with van der Waals surface area (Å²) in [6, 6.07) is 17.2. The van der Waals surface area contributed by atoms with Crippen LogP contribution < -0.4 is 0 Å². The van der Waals surface area contributed by atoms with Gasteiger partial charge in [0.15, 0.2) is 0 Å². The van der Waals surface area contributed by atoms with E-state index in [1.165, 1.54) is 11.3 Å². The summed E-state index contributed by atoms with van der Waals surface area (Å²) in [6.45, 7) is 3.71. The fourth-order valence-electron chi connectivity index (χ4n) is 2.64. The van der Waals surface area contributed by atoms with E-state index < -0.39 is 0 Å². The van der Waals surface area contributed by atoms with E-state index in [9.17, 15) is 9.90 Å². The minimum absolute atomic E-state index is 0.0159. The molecule has 3 rings (SSSR count). The predicted octanol–water partition coefficient (Wildman–Crippen LogP) is 4.97. The fourth-order valence-corrected chi connectivity index (χ4v) is 3.60. The number of carbonyl (C=O) groups excluding carboxylic acids is 1. The van der Waals surface area contributed by atoms with Gasteiger partial charge in [0.1, 0.15) is 5.75 Å². The zero-order valence-corrected chi connectivity index (χ0v) is 13.3. The molecule has 0 fully saturated rings. The molecule has 0 unspecified atom stereocenters. The number of aromatic hydroxyl groups is 1. The average Bonchev–Trinajstić information content (AvgIpc) is 2.97. The third-order valence-corrected chi connectivity index (χ3v) is 4.77. The topological polar surface area (TPSA) is 37.3 Å². The molecule has 22 heavy (non-hydrogen) atoms. The summed E-state index contributed by atoms with van der Waals surface area (Å²) in [4.78, 5) is 14.6. The Morgan fingerprint density at radius 1 is 0.955 bits per heavy atom. The molecule has 0 amide bonds. The Morgan fingerprint density at radius 2 is 1.59 bits per heavy atom. The Labute approximate surface area is 133 Å². The van der Waals surface area contributed by atoms with Gasteiger partial charge in [0.2, 0.25) is 5.78 Å². The van der Waals surface area contributed by atoms with Crippen LogP contribution in [0.4, 0.5) is 0 Å². The van der Waals surface area contributed by atoms with Crippen molar-refractivity contribution < 1.29 is 9.90 Å². The maximum absolute atomic E-state index is 12.8. The van der Waals surface area contributed by atoms with Crippen LogP contribution in [0.15, 0.2) is 54.6 Å². The molecule has 3 aromatic rings. The molecule has 0 bridgehead atoms. The van der Waals surface area contributed by atoms with Gasteiger partial charge in [-0.25, -0.2) is 0 Å². The fraction of sp³-hybridized carbons (Fsp3) is 0.105. The number of hydrogen-bond acceptors (Lipinski definition) is 3. The Bertz CT molecular complexity index is 809. The van der Waals surface area contributed by atoms with Crippen molar-refractivity contribution in [2.75, 3.05) is 0 Å². The average molecular weight is 308 g/mol. The van der Waals surface area contributed by atoms with Crippen LogP contribution >= 0.6 is 11.3 Å². The van der Waals surface area contributed by atoms with Gasteiger partial charge < -0.3 is 5.11 Å². The molecule has 0 radical (unpaired) electrons. The van der Waals surface area contributed by atoms with Crippen molar-refractivity contribution in [3.8, 4) is 16.2 Å². The normalized spacial score (nSPS) is 10.6. The highest BCUT2D eigenvalue weighted by Crippen LogP contribution is 2.31. The lowest BCUT2D eigenvalue weighted by molar-refractivity contribution is 0.104. The molecule has 0 atom stereocenters. The highest BCUT2D eigenvalue weighted by molar-refractivity contribution is 7.17. The number of carbonyl (C=O) groups is 1. The number of rotatable bonds is 3. The van der Waals surface area contributed by atoms with E-state index in [0.717, 1.165) is 26.4 Å². The van der Waals surface area contributed by atoms with Crippen LogP contribution in [0.2, 0.25) is 0 Å². The van der Waals surface area contributed by atoms with Gasteiger partial charge in [0.25, 0.3) is 0 Å². The number of benzene rings is 2. The summed E-state index contributed by atoms with van der Waals surface area (Å²) in [5, 5.41) is 9.61. The number of ketones is 1. The smallest absolute Gasteiger partial charge is 0.203 e. The molecule has 0 aliphatic rings. The Kier molecular flexibility index (Phi) is 3.82. The van der Waals surface area contributed by atoms with Gasteiger partial charge in [-0.1, -0.05) is 30.3 Å². The van der Waals surface area contributed by atoms with Crippen molar-refractivity contribution in [1.29, 1.82) is 0 Å². The third-order valence-electron chi connectivity index (χ3n) is 3.63. The first kappa shape index (κ1) is 14.5. The summed E-state index contributed by atoms with van der Waals surface area (Å²) in [7, 11) is 0. The molecule has 3 heteroatoms. The first-order valence-corrected chi connectivity index (χ1v) is 7.88. The maximum Gasteiger partial charge on any atom is 0.203 e. The van der Waals surface area contributed by atoms with Crippen LogP contribution in [0, 0.1) is 13.8 Å². The van der Waals surface area contributed by atoms with Crippen molar-refractivity contribution in [2.24, 2.45) is 0 Å². The Hall–Kier alpha value is -2.39. The third kappa shape index (κ3) is 2.68. The van der Waals surface area contributed by atoms with Crippen molar-refractivity contribution in [3.05, 3.63) is 76.2 Å². The maximum atomic E-state index is 12.8. The first-order valence-electron chi connectivity index (χ1n) is 7.06. The summed E-state index contributed by atoms with van der Waals surface area (Å²) in [5.41, 5.74) is 3.40. The summed E-state index contributed by atoms with van der Waals surface area (Å²) in [5.74, 6) is 0.213. The van der Waals surface area contributed by atoms with Gasteiger partial charge in [-0.15, -0.1) is 11.3 Å². The predicted molar refractivity (Wildman–Crippen MR) is 90.8 cm³/mol. The van der Waals surface area contributed by atoms with Gasteiger partial charge in [-0.2, -0.15) is 0 Å². The van der Waals surface area contributed by atoms with E-state index >= 15 is 0 Å². The van der Waals surface area contributed by atoms with Crippen molar-refractivity contribution in [3.63, 3.8) is 0 Å². The Morgan fingerprint density at radius 3 is 2.23 bits per heavy atom. The largest absolute Gasteiger partial charge is 0.508 e. The second kappa shape index (κ2) is 5.78. The van der Waals surface area contributed by atoms with Gasteiger partial charge in [0.05, 0.1) is 4.88 Å². The van der Waals surface area contributed by atoms with Crippen LogP contribution in [0.25, 0.3) is 10.4 Å². The molecule has 0 spiro atoms. The zero-order valence-electron chi connectivity index (χ0n) is 12.5. The number of phenols is 1. The minimum atomic E-state index is 0.0159. The van der Waals surface area contributed by atoms with Crippen LogP contribution in [-0.2, 0) is 0 Å². The summed E-state index contributed by atoms with van der Waals surface area (Å²) < 4.78 is 0. The quantitative estimate of drug-likeness (QED) is 0.694. The van der Waals surface area contributed by atoms with E-state index in [-0.39, 0.29) is 11.5 Å². The molecule has 110 valence electrons. The standard InChI is InChI=1S/C19H16O2S/c1-12-10-15(20)11-13(2)18(12)19(21)17-9-8-16(22-17)14-6-4-3-5-7-14/h3-11,20H,1-2H3. The van der Waals surface area contributed by atoms with Gasteiger partial charge in [-0.05, 0) is 54.8 Å². The highest BCUT2D eigenvalue weighted by Gasteiger charge is 2.17. The van der Waals surface area contributed by atoms with Gasteiger partial charge >= 0.3 is 0 Å². The molecule has 0 saturated heterocycles. The SMILES string of the molecule is Cc1cc(O)cc(C)c1C(=O)c1ccc(-c2ccccc2)s1. The van der Waals surface area contributed by atoms with Crippen LogP contribution in [0.5, 0.6) is 5.75 Å². The lowest BCUT2D eigenvalue weighted by Crippen LogP contribution is -2.04. The molecule has 0 aliphatic carbocycles. The molecule has 0 saturated carbocycles. The molecular weight excluding hydrogens is 292 g/mol. The monoisotopic (exact) mass is 308 g/mol. The van der Waals surface area contributed by atoms with E-state index in [0.29, 0.717) is 5.56 Å². The van der Waals surface area contributed by atoms with Crippen LogP contribution in [0.3, 0.4) is 0 Å². The van der Waals surface area contributed by atoms with E-state index in [1.54, 1.807) is 12.1 Å². The lowest BCUT2D eigenvalue weighted by Gasteiger charge is -2.08. The van der Waals surface area contributed by atoms with Crippen LogP contribution in [0.1, 0.15) is 26.4 Å². The Balaban J connectivity index is 1.99. The van der Waals surface area contributed by atoms with Crippen molar-refractivity contribution in [1.82, 2.24) is 0 Å². The second-order valence-corrected chi connectivity index (χ2v) is 6.40. The van der Waals surface area contributed by atoms with Crippen LogP contribution in [-0.4, -0.2) is 10.9 Å². The first-order chi connectivity index (χ1) is 10.6. The molecule has 2 nitrogen and oxygen atoms in total. The molecular formula is C19H16O2S. The van der Waals surface area contributed by atoms with Gasteiger partial charge in [-0.3, -0.25) is 4.79 Å². The minimum Gasteiger partial charge on any atom is -0.508 e. The molecule has 1 N–H and O–H groups in total. The molecule has 1 heterocycles. The van der Waals surface area contributed by atoms with E-state index in [2.05, 4.69) is 0 Å². The number of thiophene rings is 1. The number of hydrogen-bond donors (Lipinski definition) is 1. The van der Waals surface area contributed by atoms with E-state index in [4.69, 9.17) is 0 Å². The second-order valence-electron chi connectivity index (χ2n) is 5.31. The van der Waals surface area contributed by atoms with Crippen molar-refractivity contribution >= 4 is 17.1 Å². The summed E-state index contributed by atoms with van der Waals surface area (Å²) in [6.07, 6.45) is 0. The lowest BCUT2D eigenvalue weighted by atomic mass is 9.98. The summed E-state index contributed by atoms with van der Waals surface area (Å²) >= 11 is 1.50. The molecule has 0 aliphatic heterocycles. The molecule has 2 aromatic carbocycles. The molecule has 1 aromatic heterocycles. The number of aryl methyl sites for hydroxylation is 2. The zero-order chi connectivity index (χ0) is 15.7. The van der Waals surface area contributed by atoms with E-state index in [1.807, 2.05) is 56.3 Å². The van der Waals surface area contributed by atoms with Crippen molar-refractivity contribution in [2.45, 2.75) is 13.8 Å². The van der Waals surface area contributed by atoms with Gasteiger partial charge in [0, 0.05) is 10.4 Å².